The Kier molecular flexibility index (Phi) is 3.92. The molecule has 2 fully saturated rings. The van der Waals surface area contributed by atoms with Crippen LogP contribution in [0.4, 0.5) is 5.69 Å². The highest BCUT2D eigenvalue weighted by atomic mass is 16.2. The molecule has 24 heavy (non-hydrogen) atoms. The van der Waals surface area contributed by atoms with Gasteiger partial charge in [-0.25, -0.2) is 0 Å². The number of carbonyl (C=O) groups excluding carboxylic acids is 2. The van der Waals surface area contributed by atoms with E-state index in [1.54, 1.807) is 18.5 Å². The largest absolute Gasteiger partial charge is 0.348 e. The Morgan fingerprint density at radius 1 is 1.12 bits per heavy atom. The van der Waals surface area contributed by atoms with E-state index < -0.39 is 11.8 Å². The summed E-state index contributed by atoms with van der Waals surface area (Å²) in [6.07, 6.45) is 8.53. The molecule has 3 unspecified atom stereocenters. The molecule has 2 aromatic rings. The highest BCUT2D eigenvalue weighted by Crippen LogP contribution is 2.47. The monoisotopic (exact) mass is 323 g/mol. The van der Waals surface area contributed by atoms with Crippen molar-refractivity contribution in [2.45, 2.75) is 25.7 Å². The molecular formula is C19H21N3O2. The first kappa shape index (κ1) is 15.1. The van der Waals surface area contributed by atoms with Crippen molar-refractivity contribution in [2.24, 2.45) is 17.8 Å². The average molecular weight is 323 g/mol. The van der Waals surface area contributed by atoms with Crippen LogP contribution >= 0.6 is 0 Å². The van der Waals surface area contributed by atoms with Gasteiger partial charge in [-0.15, -0.1) is 0 Å². The molecule has 5 nitrogen and oxygen atoms in total. The van der Waals surface area contributed by atoms with Crippen LogP contribution in [0.15, 0.2) is 36.7 Å². The van der Waals surface area contributed by atoms with Crippen LogP contribution in [0, 0.1) is 17.8 Å². The fourth-order valence-electron chi connectivity index (χ4n) is 4.34. The molecule has 0 aliphatic heterocycles. The second kappa shape index (κ2) is 6.23. The summed E-state index contributed by atoms with van der Waals surface area (Å²) in [7, 11) is 0. The van der Waals surface area contributed by atoms with E-state index >= 15 is 0 Å². The number of carbonyl (C=O) groups is 2. The first-order valence-electron chi connectivity index (χ1n) is 8.62. The summed E-state index contributed by atoms with van der Waals surface area (Å²) in [6.45, 7) is 0.618. The van der Waals surface area contributed by atoms with Gasteiger partial charge in [-0.3, -0.25) is 14.6 Å². The normalized spacial score (nSPS) is 24.9. The molecule has 1 heterocycles. The van der Waals surface area contributed by atoms with Gasteiger partial charge in [-0.05, 0) is 49.1 Å². The van der Waals surface area contributed by atoms with Crippen LogP contribution in [0.5, 0.6) is 0 Å². The Hall–Kier alpha value is -2.43. The molecule has 3 atom stereocenters. The predicted molar refractivity (Wildman–Crippen MR) is 92.3 cm³/mol. The molecule has 5 heteroatoms. The number of pyridine rings is 1. The predicted octanol–water partition coefficient (Wildman–Crippen LogP) is 2.73. The second-order valence-electron chi connectivity index (χ2n) is 7.00. The molecular weight excluding hydrogens is 302 g/mol. The Morgan fingerprint density at radius 2 is 2.04 bits per heavy atom. The van der Waals surface area contributed by atoms with Crippen molar-refractivity contribution >= 4 is 28.3 Å². The molecule has 4 rings (SSSR count). The molecule has 2 aliphatic rings. The number of aromatic nitrogens is 1. The van der Waals surface area contributed by atoms with Crippen LogP contribution in [-0.2, 0) is 9.59 Å². The molecule has 2 N–H and O–H groups in total. The van der Waals surface area contributed by atoms with Gasteiger partial charge < -0.3 is 10.6 Å². The maximum Gasteiger partial charge on any atom is 0.313 e. The maximum absolute atomic E-state index is 12.2. The van der Waals surface area contributed by atoms with Gasteiger partial charge in [0.15, 0.2) is 0 Å². The van der Waals surface area contributed by atoms with E-state index in [1.165, 1.54) is 25.7 Å². The molecule has 0 spiro atoms. The number of nitrogens with zero attached hydrogens (tertiary/aromatic N) is 1. The van der Waals surface area contributed by atoms with Gasteiger partial charge in [0, 0.05) is 35.4 Å². The SMILES string of the molecule is O=C(NCC1CC2CCC1C2)C(=O)Nc1cccc2cnccc12. The molecule has 0 saturated heterocycles. The molecule has 2 saturated carbocycles. The summed E-state index contributed by atoms with van der Waals surface area (Å²) in [4.78, 5) is 28.4. The van der Waals surface area contributed by atoms with E-state index in [0.717, 1.165) is 22.6 Å². The van der Waals surface area contributed by atoms with Gasteiger partial charge in [0.25, 0.3) is 0 Å². The number of benzene rings is 1. The number of nitrogens with one attached hydrogen (secondary N) is 2. The highest BCUT2D eigenvalue weighted by molar-refractivity contribution is 6.40. The molecule has 0 radical (unpaired) electrons. The number of anilines is 1. The van der Waals surface area contributed by atoms with Gasteiger partial charge in [-0.1, -0.05) is 18.6 Å². The Balaban J connectivity index is 1.37. The standard InChI is InChI=1S/C19H21N3O2/c23-18(21-11-15-9-12-4-5-13(15)8-12)19(24)22-17-3-1-2-14-10-20-7-6-16(14)17/h1-3,6-7,10,12-13,15H,4-5,8-9,11H2,(H,21,23)(H,22,24). The maximum atomic E-state index is 12.2. The van der Waals surface area contributed by atoms with Crippen molar-refractivity contribution in [1.29, 1.82) is 0 Å². The van der Waals surface area contributed by atoms with Gasteiger partial charge in [0.2, 0.25) is 0 Å². The number of hydrogen-bond donors (Lipinski definition) is 2. The minimum atomic E-state index is -0.609. The minimum Gasteiger partial charge on any atom is -0.348 e. The third-order valence-corrected chi connectivity index (χ3v) is 5.54. The fraction of sp³-hybridized carbons (Fsp3) is 0.421. The number of fused-ring (bicyclic) bond motifs is 3. The van der Waals surface area contributed by atoms with Crippen molar-refractivity contribution in [3.63, 3.8) is 0 Å². The van der Waals surface area contributed by atoms with E-state index in [2.05, 4.69) is 15.6 Å². The van der Waals surface area contributed by atoms with Crippen molar-refractivity contribution in [1.82, 2.24) is 10.3 Å². The summed E-state index contributed by atoms with van der Waals surface area (Å²) in [5.41, 5.74) is 0.634. The quantitative estimate of drug-likeness (QED) is 0.853. The number of rotatable bonds is 3. The van der Waals surface area contributed by atoms with Crippen LogP contribution in [0.2, 0.25) is 0 Å². The first-order valence-corrected chi connectivity index (χ1v) is 8.62. The highest BCUT2D eigenvalue weighted by Gasteiger charge is 2.39. The third-order valence-electron chi connectivity index (χ3n) is 5.54. The van der Waals surface area contributed by atoms with Crippen LogP contribution in [0.3, 0.4) is 0 Å². The molecule has 2 amide bonds. The molecule has 2 aliphatic carbocycles. The van der Waals surface area contributed by atoms with Crippen molar-refractivity contribution in [2.75, 3.05) is 11.9 Å². The lowest BCUT2D eigenvalue weighted by molar-refractivity contribution is -0.136. The fourth-order valence-corrected chi connectivity index (χ4v) is 4.34. The third kappa shape index (κ3) is 2.86. The average Bonchev–Trinajstić information content (AvgIpc) is 3.23. The second-order valence-corrected chi connectivity index (χ2v) is 7.00. The Bertz CT molecular complexity index is 784. The van der Waals surface area contributed by atoms with Gasteiger partial charge in [-0.2, -0.15) is 0 Å². The van der Waals surface area contributed by atoms with Gasteiger partial charge in [0.05, 0.1) is 0 Å². The lowest BCUT2D eigenvalue weighted by atomic mass is 9.89. The lowest BCUT2D eigenvalue weighted by Crippen LogP contribution is -2.39. The van der Waals surface area contributed by atoms with E-state index in [1.807, 2.05) is 18.2 Å². The van der Waals surface area contributed by atoms with Crippen molar-refractivity contribution in [3.05, 3.63) is 36.7 Å². The summed E-state index contributed by atoms with van der Waals surface area (Å²) < 4.78 is 0. The van der Waals surface area contributed by atoms with Crippen LogP contribution in [0.1, 0.15) is 25.7 Å². The first-order chi connectivity index (χ1) is 11.7. The van der Waals surface area contributed by atoms with Crippen molar-refractivity contribution in [3.8, 4) is 0 Å². The molecule has 124 valence electrons. The van der Waals surface area contributed by atoms with E-state index in [0.29, 0.717) is 18.2 Å². The minimum absolute atomic E-state index is 0.545. The lowest BCUT2D eigenvalue weighted by Gasteiger charge is -2.21. The smallest absolute Gasteiger partial charge is 0.313 e. The summed E-state index contributed by atoms with van der Waals surface area (Å²) in [6, 6.07) is 7.39. The molecule has 1 aromatic carbocycles. The van der Waals surface area contributed by atoms with Crippen molar-refractivity contribution < 1.29 is 9.59 Å². The van der Waals surface area contributed by atoms with Gasteiger partial charge >= 0.3 is 11.8 Å². The van der Waals surface area contributed by atoms with Crippen LogP contribution in [0.25, 0.3) is 10.8 Å². The summed E-state index contributed by atoms with van der Waals surface area (Å²) in [5.74, 6) is 0.967. The van der Waals surface area contributed by atoms with Crippen LogP contribution in [-0.4, -0.2) is 23.3 Å². The van der Waals surface area contributed by atoms with E-state index in [4.69, 9.17) is 0 Å². The topological polar surface area (TPSA) is 71.1 Å². The number of hydrogen-bond acceptors (Lipinski definition) is 3. The zero-order valence-corrected chi connectivity index (χ0v) is 13.5. The number of amides is 2. The van der Waals surface area contributed by atoms with E-state index in [9.17, 15) is 9.59 Å². The Morgan fingerprint density at radius 3 is 2.83 bits per heavy atom. The Labute approximate surface area is 140 Å². The molecule has 2 bridgehead atoms. The summed E-state index contributed by atoms with van der Waals surface area (Å²) >= 11 is 0. The van der Waals surface area contributed by atoms with Crippen LogP contribution < -0.4 is 10.6 Å². The zero-order valence-electron chi connectivity index (χ0n) is 13.5. The van der Waals surface area contributed by atoms with Gasteiger partial charge in [0.1, 0.15) is 0 Å². The van der Waals surface area contributed by atoms with E-state index in [-0.39, 0.29) is 0 Å². The molecule has 1 aromatic heterocycles. The zero-order chi connectivity index (χ0) is 16.5. The summed E-state index contributed by atoms with van der Waals surface area (Å²) in [5, 5.41) is 7.33.